The van der Waals surface area contributed by atoms with Gasteiger partial charge in [-0.15, -0.1) is 11.3 Å². The smallest absolute Gasteiger partial charge is 0.227 e. The standard InChI is InChI=1S/C19H20N4O3S/c1-12-3-4-16(26-2)15(7-12)23-10-13(8-17(23)24)18(25)20-9-14-11-22-5-6-27-19(22)21-14/h3-7,11,13H,8-10H2,1-2H3,(H,20,25). The third kappa shape index (κ3) is 3.40. The summed E-state index contributed by atoms with van der Waals surface area (Å²) < 4.78 is 7.31. The second-order valence-corrected chi connectivity index (χ2v) is 7.50. The third-order valence-electron chi connectivity index (χ3n) is 4.71. The molecular weight excluding hydrogens is 364 g/mol. The number of fused-ring (bicyclic) bond motifs is 1. The monoisotopic (exact) mass is 384 g/mol. The van der Waals surface area contributed by atoms with E-state index in [1.54, 1.807) is 23.3 Å². The van der Waals surface area contributed by atoms with Crippen molar-refractivity contribution in [2.45, 2.75) is 19.9 Å². The molecule has 1 saturated heterocycles. The van der Waals surface area contributed by atoms with Crippen LogP contribution in [0.15, 0.2) is 36.0 Å². The van der Waals surface area contributed by atoms with Crippen molar-refractivity contribution in [2.24, 2.45) is 5.92 Å². The Bertz CT molecular complexity index is 981. The molecule has 0 radical (unpaired) electrons. The van der Waals surface area contributed by atoms with Gasteiger partial charge in [-0.3, -0.25) is 14.0 Å². The first-order chi connectivity index (χ1) is 13.0. The summed E-state index contributed by atoms with van der Waals surface area (Å²) >= 11 is 1.55. The predicted molar refractivity (Wildman–Crippen MR) is 103 cm³/mol. The lowest BCUT2D eigenvalue weighted by atomic mass is 10.1. The molecule has 27 heavy (non-hydrogen) atoms. The van der Waals surface area contributed by atoms with Crippen molar-refractivity contribution in [2.75, 3.05) is 18.6 Å². The van der Waals surface area contributed by atoms with E-state index in [9.17, 15) is 9.59 Å². The van der Waals surface area contributed by atoms with Crippen molar-refractivity contribution in [1.82, 2.24) is 14.7 Å². The number of aromatic nitrogens is 2. The topological polar surface area (TPSA) is 75.9 Å². The van der Waals surface area contributed by atoms with Crippen LogP contribution in [0.2, 0.25) is 0 Å². The van der Waals surface area contributed by atoms with Gasteiger partial charge in [0, 0.05) is 30.7 Å². The Balaban J connectivity index is 1.43. The Hall–Kier alpha value is -2.87. The molecular formula is C19H20N4O3S. The minimum atomic E-state index is -0.383. The number of amides is 2. The zero-order valence-corrected chi connectivity index (χ0v) is 16.0. The minimum absolute atomic E-state index is 0.0680. The summed E-state index contributed by atoms with van der Waals surface area (Å²) in [6.07, 6.45) is 4.03. The highest BCUT2D eigenvalue weighted by molar-refractivity contribution is 7.15. The Kier molecular flexibility index (Phi) is 4.57. The molecule has 0 spiro atoms. The molecule has 8 heteroatoms. The first-order valence-electron chi connectivity index (χ1n) is 8.69. The van der Waals surface area contributed by atoms with Gasteiger partial charge in [-0.25, -0.2) is 4.98 Å². The molecule has 1 atom stereocenters. The summed E-state index contributed by atoms with van der Waals surface area (Å²) in [5.41, 5.74) is 2.55. The number of ether oxygens (including phenoxy) is 1. The van der Waals surface area contributed by atoms with Gasteiger partial charge in [0.1, 0.15) is 5.75 Å². The highest BCUT2D eigenvalue weighted by Gasteiger charge is 2.36. The zero-order chi connectivity index (χ0) is 19.0. The molecule has 1 aliphatic rings. The number of nitrogens with zero attached hydrogens (tertiary/aromatic N) is 3. The Morgan fingerprint density at radius 1 is 1.44 bits per heavy atom. The van der Waals surface area contributed by atoms with E-state index in [0.29, 0.717) is 24.5 Å². The summed E-state index contributed by atoms with van der Waals surface area (Å²) in [5, 5.41) is 4.87. The molecule has 3 heterocycles. The average molecular weight is 384 g/mol. The number of hydrogen-bond acceptors (Lipinski definition) is 5. The molecule has 0 aliphatic carbocycles. The van der Waals surface area contributed by atoms with Gasteiger partial charge in [-0.1, -0.05) is 6.07 Å². The van der Waals surface area contributed by atoms with Crippen LogP contribution in [0, 0.1) is 12.8 Å². The van der Waals surface area contributed by atoms with E-state index in [1.807, 2.05) is 47.3 Å². The Morgan fingerprint density at radius 2 is 2.30 bits per heavy atom. The molecule has 1 unspecified atom stereocenters. The highest BCUT2D eigenvalue weighted by Crippen LogP contribution is 2.33. The number of rotatable bonds is 5. The SMILES string of the molecule is COc1ccc(C)cc1N1CC(C(=O)NCc2cn3ccsc3n2)CC1=O. The fourth-order valence-corrected chi connectivity index (χ4v) is 4.03. The largest absolute Gasteiger partial charge is 0.495 e. The number of carbonyl (C=O) groups excluding carboxylic acids is 2. The molecule has 4 rings (SSSR count). The van der Waals surface area contributed by atoms with Crippen molar-refractivity contribution in [3.8, 4) is 5.75 Å². The number of imidazole rings is 1. The zero-order valence-electron chi connectivity index (χ0n) is 15.1. The van der Waals surface area contributed by atoms with Gasteiger partial charge >= 0.3 is 0 Å². The molecule has 1 fully saturated rings. The molecule has 1 aliphatic heterocycles. The number of anilines is 1. The lowest BCUT2D eigenvalue weighted by Crippen LogP contribution is -2.32. The van der Waals surface area contributed by atoms with Gasteiger partial charge in [-0.2, -0.15) is 0 Å². The van der Waals surface area contributed by atoms with Gasteiger partial charge in [0.2, 0.25) is 11.8 Å². The van der Waals surface area contributed by atoms with E-state index in [-0.39, 0.29) is 24.2 Å². The van der Waals surface area contributed by atoms with E-state index in [1.165, 1.54) is 0 Å². The van der Waals surface area contributed by atoms with Crippen LogP contribution < -0.4 is 15.0 Å². The first-order valence-corrected chi connectivity index (χ1v) is 9.57. The maximum atomic E-state index is 12.6. The molecule has 2 aromatic heterocycles. The molecule has 7 nitrogen and oxygen atoms in total. The molecule has 2 amide bonds. The fraction of sp³-hybridized carbons (Fsp3) is 0.316. The van der Waals surface area contributed by atoms with Crippen molar-refractivity contribution >= 4 is 33.8 Å². The lowest BCUT2D eigenvalue weighted by Gasteiger charge is -2.20. The van der Waals surface area contributed by atoms with Crippen LogP contribution in [0.5, 0.6) is 5.75 Å². The number of nitrogens with one attached hydrogen (secondary N) is 1. The maximum absolute atomic E-state index is 12.6. The summed E-state index contributed by atoms with van der Waals surface area (Å²) in [5.74, 6) is 0.0509. The average Bonchev–Trinajstić information content (AvgIpc) is 3.34. The fourth-order valence-electron chi connectivity index (χ4n) is 3.31. The van der Waals surface area contributed by atoms with Crippen molar-refractivity contribution in [1.29, 1.82) is 0 Å². The van der Waals surface area contributed by atoms with Crippen LogP contribution in [0.25, 0.3) is 4.96 Å². The van der Waals surface area contributed by atoms with Gasteiger partial charge < -0.3 is 15.0 Å². The van der Waals surface area contributed by atoms with Crippen LogP contribution >= 0.6 is 11.3 Å². The molecule has 1 N–H and O–H groups in total. The number of benzene rings is 1. The molecule has 0 bridgehead atoms. The van der Waals surface area contributed by atoms with Crippen molar-refractivity contribution < 1.29 is 14.3 Å². The van der Waals surface area contributed by atoms with Gasteiger partial charge in [0.05, 0.1) is 31.0 Å². The summed E-state index contributed by atoms with van der Waals surface area (Å²) in [6.45, 7) is 2.66. The van der Waals surface area contributed by atoms with Gasteiger partial charge in [-0.05, 0) is 24.6 Å². The number of methoxy groups -OCH3 is 1. The van der Waals surface area contributed by atoms with Crippen LogP contribution in [0.3, 0.4) is 0 Å². The quantitative estimate of drug-likeness (QED) is 0.733. The van der Waals surface area contributed by atoms with E-state index in [0.717, 1.165) is 16.2 Å². The summed E-state index contributed by atoms with van der Waals surface area (Å²) in [4.78, 5) is 32.1. The number of aryl methyl sites for hydroxylation is 1. The summed E-state index contributed by atoms with van der Waals surface area (Å²) in [6, 6.07) is 5.69. The Morgan fingerprint density at radius 3 is 3.07 bits per heavy atom. The molecule has 0 saturated carbocycles. The number of hydrogen-bond donors (Lipinski definition) is 1. The molecule has 140 valence electrons. The third-order valence-corrected chi connectivity index (χ3v) is 5.48. The van der Waals surface area contributed by atoms with Crippen molar-refractivity contribution in [3.05, 3.63) is 47.2 Å². The van der Waals surface area contributed by atoms with Crippen LogP contribution in [-0.4, -0.2) is 34.9 Å². The van der Waals surface area contributed by atoms with E-state index in [4.69, 9.17) is 4.74 Å². The second-order valence-electron chi connectivity index (χ2n) is 6.62. The Labute approximate surface area is 160 Å². The predicted octanol–water partition coefficient (Wildman–Crippen LogP) is 2.38. The second kappa shape index (κ2) is 7.03. The highest BCUT2D eigenvalue weighted by atomic mass is 32.1. The van der Waals surface area contributed by atoms with E-state index in [2.05, 4.69) is 10.3 Å². The minimum Gasteiger partial charge on any atom is -0.495 e. The first kappa shape index (κ1) is 17.5. The van der Waals surface area contributed by atoms with Crippen LogP contribution in [0.4, 0.5) is 5.69 Å². The molecule has 3 aromatic rings. The normalized spacial score (nSPS) is 16.9. The lowest BCUT2D eigenvalue weighted by molar-refractivity contribution is -0.126. The van der Waals surface area contributed by atoms with E-state index >= 15 is 0 Å². The van der Waals surface area contributed by atoms with Gasteiger partial charge in [0.25, 0.3) is 0 Å². The van der Waals surface area contributed by atoms with Crippen LogP contribution in [-0.2, 0) is 16.1 Å². The maximum Gasteiger partial charge on any atom is 0.227 e. The number of thiazole rings is 1. The van der Waals surface area contributed by atoms with E-state index < -0.39 is 0 Å². The van der Waals surface area contributed by atoms with Gasteiger partial charge in [0.15, 0.2) is 4.96 Å². The number of carbonyl (C=O) groups is 2. The van der Waals surface area contributed by atoms with Crippen LogP contribution in [0.1, 0.15) is 17.7 Å². The molecule has 1 aromatic carbocycles. The van der Waals surface area contributed by atoms with Crippen molar-refractivity contribution in [3.63, 3.8) is 0 Å². The summed E-state index contributed by atoms with van der Waals surface area (Å²) in [7, 11) is 1.58.